The number of rotatable bonds is 5. The second kappa shape index (κ2) is 6.47. The van der Waals surface area contributed by atoms with Gasteiger partial charge in [-0.25, -0.2) is 0 Å². The van der Waals surface area contributed by atoms with E-state index in [1.165, 1.54) is 0 Å². The third-order valence-corrected chi connectivity index (χ3v) is 4.24. The van der Waals surface area contributed by atoms with Crippen LogP contribution in [0.2, 0.25) is 0 Å². The zero-order valence-corrected chi connectivity index (χ0v) is 10.8. The predicted molar refractivity (Wildman–Crippen MR) is 65.5 cm³/mol. The summed E-state index contributed by atoms with van der Waals surface area (Å²) < 4.78 is 10.2. The number of ether oxygens (including phenoxy) is 2. The molecule has 2 N–H and O–H groups in total. The molecule has 0 bridgehead atoms. The van der Waals surface area contributed by atoms with Crippen LogP contribution in [0.15, 0.2) is 0 Å². The molecule has 1 saturated heterocycles. The summed E-state index contributed by atoms with van der Waals surface area (Å²) in [5.41, 5.74) is 5.06. The number of carbonyl (C=O) groups excluding carboxylic acids is 1. The first-order valence-corrected chi connectivity index (χ1v) is 6.76. The van der Waals surface area contributed by atoms with Crippen molar-refractivity contribution in [3.8, 4) is 0 Å². The van der Waals surface area contributed by atoms with Crippen molar-refractivity contribution in [3.05, 3.63) is 0 Å². The van der Waals surface area contributed by atoms with Crippen LogP contribution >= 0.6 is 11.8 Å². The lowest BCUT2D eigenvalue weighted by Gasteiger charge is -2.26. The fourth-order valence-corrected chi connectivity index (χ4v) is 2.71. The van der Waals surface area contributed by atoms with Gasteiger partial charge in [0.2, 0.25) is 0 Å². The van der Waals surface area contributed by atoms with Gasteiger partial charge < -0.3 is 15.2 Å². The highest BCUT2D eigenvalue weighted by atomic mass is 32.2. The van der Waals surface area contributed by atoms with Gasteiger partial charge in [0.25, 0.3) is 0 Å². The van der Waals surface area contributed by atoms with E-state index in [4.69, 9.17) is 15.2 Å². The molecule has 1 heterocycles. The van der Waals surface area contributed by atoms with Crippen molar-refractivity contribution < 1.29 is 14.3 Å². The Morgan fingerprint density at radius 2 is 2.19 bits per heavy atom. The minimum atomic E-state index is -0.876. The number of nitrogens with two attached hydrogens (primary N) is 1. The van der Waals surface area contributed by atoms with Crippen LogP contribution in [0.4, 0.5) is 0 Å². The Hall–Kier alpha value is -0.260. The molecule has 1 atom stereocenters. The van der Waals surface area contributed by atoms with E-state index in [0.717, 1.165) is 26.1 Å². The minimum Gasteiger partial charge on any atom is -0.465 e. The Balaban J connectivity index is 2.31. The Bertz CT molecular complexity index is 227. The zero-order chi connectivity index (χ0) is 12.0. The Morgan fingerprint density at radius 3 is 2.75 bits per heavy atom. The smallest absolute Gasteiger partial charge is 0.326 e. The molecule has 0 aromatic rings. The first-order valence-electron chi connectivity index (χ1n) is 5.71. The SMILES string of the molecule is CCOC(=O)C(C)(N)CSC1CCOCC1. The van der Waals surface area contributed by atoms with Crippen LogP contribution in [0.1, 0.15) is 26.7 Å². The first-order chi connectivity index (χ1) is 7.56. The van der Waals surface area contributed by atoms with Gasteiger partial charge >= 0.3 is 5.97 Å². The van der Waals surface area contributed by atoms with Crippen LogP contribution in [0.5, 0.6) is 0 Å². The molecular weight excluding hydrogens is 226 g/mol. The standard InChI is InChI=1S/C11H21NO3S/c1-3-15-10(13)11(2,12)8-16-9-4-6-14-7-5-9/h9H,3-8,12H2,1-2H3. The van der Waals surface area contributed by atoms with Gasteiger partial charge in [-0.3, -0.25) is 4.79 Å². The summed E-state index contributed by atoms with van der Waals surface area (Å²) in [5, 5.41) is 0.561. The summed E-state index contributed by atoms with van der Waals surface area (Å²) in [7, 11) is 0. The second-order valence-electron chi connectivity index (χ2n) is 4.26. The highest BCUT2D eigenvalue weighted by Crippen LogP contribution is 2.25. The summed E-state index contributed by atoms with van der Waals surface area (Å²) in [6.07, 6.45) is 2.09. The highest BCUT2D eigenvalue weighted by Gasteiger charge is 2.31. The zero-order valence-electron chi connectivity index (χ0n) is 10.0. The molecule has 5 heteroatoms. The lowest BCUT2D eigenvalue weighted by atomic mass is 10.1. The predicted octanol–water partition coefficient (Wildman–Crippen LogP) is 1.18. The molecule has 94 valence electrons. The first kappa shape index (κ1) is 13.8. The van der Waals surface area contributed by atoms with Crippen LogP contribution in [-0.4, -0.2) is 42.3 Å². The maximum absolute atomic E-state index is 11.6. The summed E-state index contributed by atoms with van der Waals surface area (Å²) >= 11 is 1.75. The van der Waals surface area contributed by atoms with Crippen molar-refractivity contribution in [2.45, 2.75) is 37.5 Å². The minimum absolute atomic E-state index is 0.311. The van der Waals surface area contributed by atoms with Crippen LogP contribution < -0.4 is 5.73 Å². The lowest BCUT2D eigenvalue weighted by Crippen LogP contribution is -2.49. The second-order valence-corrected chi connectivity index (χ2v) is 5.55. The van der Waals surface area contributed by atoms with Crippen molar-refractivity contribution in [3.63, 3.8) is 0 Å². The molecule has 16 heavy (non-hydrogen) atoms. The molecule has 1 unspecified atom stereocenters. The van der Waals surface area contributed by atoms with Gasteiger partial charge in [-0.1, -0.05) is 0 Å². The van der Waals surface area contributed by atoms with E-state index in [1.807, 2.05) is 0 Å². The maximum Gasteiger partial charge on any atom is 0.326 e. The molecule has 1 aliphatic rings. The largest absolute Gasteiger partial charge is 0.465 e. The van der Waals surface area contributed by atoms with Gasteiger partial charge in [0.05, 0.1) is 6.61 Å². The van der Waals surface area contributed by atoms with E-state index in [2.05, 4.69) is 0 Å². The fraction of sp³-hybridized carbons (Fsp3) is 0.909. The lowest BCUT2D eigenvalue weighted by molar-refractivity contribution is -0.148. The molecule has 0 saturated carbocycles. The van der Waals surface area contributed by atoms with Crippen molar-refractivity contribution in [2.75, 3.05) is 25.6 Å². The van der Waals surface area contributed by atoms with Gasteiger partial charge in [0, 0.05) is 24.2 Å². The molecule has 1 fully saturated rings. The fourth-order valence-electron chi connectivity index (χ4n) is 1.49. The molecule has 0 aromatic heterocycles. The van der Waals surface area contributed by atoms with Gasteiger partial charge in [0.15, 0.2) is 0 Å². The molecule has 0 spiro atoms. The van der Waals surface area contributed by atoms with E-state index in [9.17, 15) is 4.79 Å². The molecule has 4 nitrogen and oxygen atoms in total. The molecule has 0 radical (unpaired) electrons. The monoisotopic (exact) mass is 247 g/mol. The average molecular weight is 247 g/mol. The number of hydrogen-bond donors (Lipinski definition) is 1. The van der Waals surface area contributed by atoms with E-state index in [-0.39, 0.29) is 5.97 Å². The topological polar surface area (TPSA) is 61.5 Å². The van der Waals surface area contributed by atoms with Crippen molar-refractivity contribution in [1.29, 1.82) is 0 Å². The molecule has 0 amide bonds. The summed E-state index contributed by atoms with van der Waals surface area (Å²) in [6.45, 7) is 5.54. The van der Waals surface area contributed by atoms with Gasteiger partial charge in [0.1, 0.15) is 5.54 Å². The molecular formula is C11H21NO3S. The van der Waals surface area contributed by atoms with Crippen LogP contribution in [0, 0.1) is 0 Å². The third-order valence-electron chi connectivity index (χ3n) is 2.53. The van der Waals surface area contributed by atoms with E-state index < -0.39 is 5.54 Å². The Labute approximate surface area is 101 Å². The summed E-state index contributed by atoms with van der Waals surface area (Å²) in [4.78, 5) is 11.6. The normalized spacial score (nSPS) is 21.4. The van der Waals surface area contributed by atoms with Crippen molar-refractivity contribution in [1.82, 2.24) is 0 Å². The van der Waals surface area contributed by atoms with Gasteiger partial charge in [-0.05, 0) is 26.7 Å². The van der Waals surface area contributed by atoms with Gasteiger partial charge in [-0.2, -0.15) is 11.8 Å². The quantitative estimate of drug-likeness (QED) is 0.739. The van der Waals surface area contributed by atoms with Crippen LogP contribution in [0.3, 0.4) is 0 Å². The Morgan fingerprint density at radius 1 is 1.56 bits per heavy atom. The van der Waals surface area contributed by atoms with E-state index in [1.54, 1.807) is 25.6 Å². The molecule has 0 aliphatic carbocycles. The van der Waals surface area contributed by atoms with Crippen molar-refractivity contribution in [2.24, 2.45) is 5.73 Å². The van der Waals surface area contributed by atoms with Crippen molar-refractivity contribution >= 4 is 17.7 Å². The Kier molecular flexibility index (Phi) is 5.58. The summed E-state index contributed by atoms with van der Waals surface area (Å²) in [5.74, 6) is 0.297. The number of hydrogen-bond acceptors (Lipinski definition) is 5. The van der Waals surface area contributed by atoms with E-state index >= 15 is 0 Å². The number of thioether (sulfide) groups is 1. The average Bonchev–Trinajstić information content (AvgIpc) is 2.28. The maximum atomic E-state index is 11.6. The number of esters is 1. The molecule has 1 rings (SSSR count). The van der Waals surface area contributed by atoms with E-state index in [0.29, 0.717) is 17.6 Å². The molecule has 1 aliphatic heterocycles. The number of carbonyl (C=O) groups is 1. The third kappa shape index (κ3) is 4.31. The van der Waals surface area contributed by atoms with Gasteiger partial charge in [-0.15, -0.1) is 0 Å². The van der Waals surface area contributed by atoms with Crippen LogP contribution in [0.25, 0.3) is 0 Å². The summed E-state index contributed by atoms with van der Waals surface area (Å²) in [6, 6.07) is 0. The molecule has 0 aromatic carbocycles. The van der Waals surface area contributed by atoms with Crippen LogP contribution in [-0.2, 0) is 14.3 Å². The highest BCUT2D eigenvalue weighted by molar-refractivity contribution is 8.00.